The number of aryl methyl sites for hydroxylation is 1. The number of nitrogens with one attached hydrogen (secondary N) is 1. The summed E-state index contributed by atoms with van der Waals surface area (Å²) in [5.74, 6) is 0.112. The first-order valence-electron chi connectivity index (χ1n) is 6.17. The van der Waals surface area contributed by atoms with E-state index in [1.54, 1.807) is 18.2 Å². The maximum atomic E-state index is 12.7. The monoisotopic (exact) mass is 262 g/mol. The van der Waals surface area contributed by atoms with Crippen LogP contribution in [0.5, 0.6) is 0 Å². The maximum absolute atomic E-state index is 12.7. The van der Waals surface area contributed by atoms with Crippen LogP contribution in [0.25, 0.3) is 0 Å². The van der Waals surface area contributed by atoms with E-state index in [2.05, 4.69) is 10.5 Å². The number of nitrogens with zero attached hydrogens (tertiary/aromatic N) is 1. The van der Waals surface area contributed by atoms with Gasteiger partial charge >= 0.3 is 0 Å². The summed E-state index contributed by atoms with van der Waals surface area (Å²) >= 11 is 0. The minimum absolute atomic E-state index is 0.269. The molecule has 2 rings (SSSR count). The lowest BCUT2D eigenvalue weighted by molar-refractivity contribution is 0.0941. The van der Waals surface area contributed by atoms with Crippen LogP contribution >= 0.6 is 0 Å². The van der Waals surface area contributed by atoms with Crippen molar-refractivity contribution >= 4 is 5.91 Å². The van der Waals surface area contributed by atoms with E-state index in [0.29, 0.717) is 12.3 Å². The molecular weight excluding hydrogens is 247 g/mol. The van der Waals surface area contributed by atoms with Gasteiger partial charge in [-0.05, 0) is 24.1 Å². The Labute approximate surface area is 110 Å². The molecule has 1 amide bonds. The van der Waals surface area contributed by atoms with E-state index in [-0.39, 0.29) is 17.4 Å². The third-order valence-electron chi connectivity index (χ3n) is 2.65. The Bertz CT molecular complexity index is 549. The van der Waals surface area contributed by atoms with Crippen LogP contribution in [0, 0.1) is 5.82 Å². The third kappa shape index (κ3) is 3.64. The smallest absolute Gasteiger partial charge is 0.273 e. The predicted octanol–water partition coefficient (Wildman–Crippen LogP) is 2.70. The quantitative estimate of drug-likeness (QED) is 0.901. The molecule has 0 aliphatic carbocycles. The number of benzene rings is 1. The molecule has 1 aromatic heterocycles. The van der Waals surface area contributed by atoms with E-state index in [9.17, 15) is 9.18 Å². The maximum Gasteiger partial charge on any atom is 0.273 e. The highest BCUT2D eigenvalue weighted by atomic mass is 19.1. The normalized spacial score (nSPS) is 10.4. The van der Waals surface area contributed by atoms with Crippen molar-refractivity contribution in [1.29, 1.82) is 0 Å². The Hall–Kier alpha value is -2.17. The molecule has 1 N–H and O–H groups in total. The van der Waals surface area contributed by atoms with Gasteiger partial charge in [0, 0.05) is 19.0 Å². The van der Waals surface area contributed by atoms with Gasteiger partial charge in [-0.3, -0.25) is 4.79 Å². The summed E-state index contributed by atoms with van der Waals surface area (Å²) < 4.78 is 17.7. The molecule has 0 aliphatic heterocycles. The summed E-state index contributed by atoms with van der Waals surface area (Å²) in [6, 6.07) is 7.61. The van der Waals surface area contributed by atoms with Gasteiger partial charge in [-0.1, -0.05) is 24.2 Å². The van der Waals surface area contributed by atoms with Gasteiger partial charge in [-0.25, -0.2) is 4.39 Å². The molecular formula is C14H15FN2O2. The molecule has 2 aromatic rings. The van der Waals surface area contributed by atoms with Gasteiger partial charge < -0.3 is 9.84 Å². The molecule has 0 unspecified atom stereocenters. The summed E-state index contributed by atoms with van der Waals surface area (Å²) in [5.41, 5.74) is 1.09. The average molecular weight is 262 g/mol. The number of carbonyl (C=O) groups is 1. The van der Waals surface area contributed by atoms with Crippen LogP contribution in [-0.2, 0) is 13.0 Å². The van der Waals surface area contributed by atoms with Crippen molar-refractivity contribution < 1.29 is 13.7 Å². The van der Waals surface area contributed by atoms with Crippen LogP contribution in [0.1, 0.15) is 35.2 Å². The van der Waals surface area contributed by atoms with Gasteiger partial charge in [-0.2, -0.15) is 0 Å². The molecule has 0 spiro atoms. The summed E-state index contributed by atoms with van der Waals surface area (Å²) in [7, 11) is 0. The number of rotatable bonds is 5. The van der Waals surface area contributed by atoms with Gasteiger partial charge in [0.25, 0.3) is 5.91 Å². The van der Waals surface area contributed by atoms with Crippen molar-refractivity contribution in [3.63, 3.8) is 0 Å². The second-order valence-corrected chi connectivity index (χ2v) is 4.24. The van der Waals surface area contributed by atoms with Gasteiger partial charge in [0.15, 0.2) is 5.69 Å². The molecule has 0 radical (unpaired) electrons. The highest BCUT2D eigenvalue weighted by Crippen LogP contribution is 2.07. The fourth-order valence-corrected chi connectivity index (χ4v) is 1.66. The molecule has 0 atom stereocenters. The summed E-state index contributed by atoms with van der Waals surface area (Å²) in [4.78, 5) is 11.8. The second kappa shape index (κ2) is 6.13. The minimum atomic E-state index is -0.296. The number of hydrogen-bond acceptors (Lipinski definition) is 3. The van der Waals surface area contributed by atoms with E-state index in [1.807, 2.05) is 6.92 Å². The lowest BCUT2D eigenvalue weighted by atomic mass is 10.2. The molecule has 0 bridgehead atoms. The number of amides is 1. The van der Waals surface area contributed by atoms with Crippen molar-refractivity contribution in [2.75, 3.05) is 0 Å². The Morgan fingerprint density at radius 2 is 2.11 bits per heavy atom. The van der Waals surface area contributed by atoms with Crippen molar-refractivity contribution in [2.24, 2.45) is 0 Å². The summed E-state index contributed by atoms with van der Waals surface area (Å²) in [6.07, 6.45) is 1.70. The third-order valence-corrected chi connectivity index (χ3v) is 2.65. The molecule has 1 aromatic carbocycles. The van der Waals surface area contributed by atoms with Crippen LogP contribution in [0.2, 0.25) is 0 Å². The Morgan fingerprint density at radius 1 is 1.37 bits per heavy atom. The molecule has 19 heavy (non-hydrogen) atoms. The molecule has 5 heteroatoms. The Kier molecular flexibility index (Phi) is 4.28. The lowest BCUT2D eigenvalue weighted by Gasteiger charge is -2.02. The first-order valence-corrected chi connectivity index (χ1v) is 6.17. The summed E-state index contributed by atoms with van der Waals surface area (Å²) in [6.45, 7) is 2.35. The summed E-state index contributed by atoms with van der Waals surface area (Å²) in [5, 5.41) is 6.42. The van der Waals surface area contributed by atoms with E-state index in [1.165, 1.54) is 12.1 Å². The molecule has 0 saturated heterocycles. The van der Waals surface area contributed by atoms with E-state index < -0.39 is 0 Å². The second-order valence-electron chi connectivity index (χ2n) is 4.24. The number of halogens is 1. The van der Waals surface area contributed by atoms with E-state index >= 15 is 0 Å². The molecule has 100 valence electrons. The van der Waals surface area contributed by atoms with Gasteiger partial charge in [0.1, 0.15) is 11.6 Å². The first kappa shape index (κ1) is 13.3. The van der Waals surface area contributed by atoms with Crippen LogP contribution in [0.3, 0.4) is 0 Å². The SMILES string of the molecule is CCCc1cc(C(=O)NCc2ccc(F)cc2)no1. The minimum Gasteiger partial charge on any atom is -0.361 e. The number of carbonyl (C=O) groups excluding carboxylic acids is 1. The Balaban J connectivity index is 1.91. The zero-order valence-corrected chi connectivity index (χ0v) is 10.6. The lowest BCUT2D eigenvalue weighted by Crippen LogP contribution is -2.23. The topological polar surface area (TPSA) is 55.1 Å². The standard InChI is InChI=1S/C14H15FN2O2/c1-2-3-12-8-13(17-19-12)14(18)16-9-10-4-6-11(15)7-5-10/h4-8H,2-3,9H2,1H3,(H,16,18). The van der Waals surface area contributed by atoms with Gasteiger partial charge in [0.05, 0.1) is 0 Å². The fourth-order valence-electron chi connectivity index (χ4n) is 1.66. The van der Waals surface area contributed by atoms with Crippen LogP contribution < -0.4 is 5.32 Å². The highest BCUT2D eigenvalue weighted by Gasteiger charge is 2.11. The molecule has 4 nitrogen and oxygen atoms in total. The predicted molar refractivity (Wildman–Crippen MR) is 68.1 cm³/mol. The first-order chi connectivity index (χ1) is 9.19. The van der Waals surface area contributed by atoms with Crippen LogP contribution in [0.4, 0.5) is 4.39 Å². The van der Waals surface area contributed by atoms with Crippen molar-refractivity contribution in [1.82, 2.24) is 10.5 Å². The molecule has 0 saturated carbocycles. The molecule has 0 fully saturated rings. The number of hydrogen-bond donors (Lipinski definition) is 1. The van der Waals surface area contributed by atoms with Gasteiger partial charge in [0.2, 0.25) is 0 Å². The van der Waals surface area contributed by atoms with Crippen molar-refractivity contribution in [2.45, 2.75) is 26.3 Å². The number of aromatic nitrogens is 1. The Morgan fingerprint density at radius 3 is 2.79 bits per heavy atom. The zero-order chi connectivity index (χ0) is 13.7. The van der Waals surface area contributed by atoms with Crippen LogP contribution in [0.15, 0.2) is 34.9 Å². The fraction of sp³-hybridized carbons (Fsp3) is 0.286. The van der Waals surface area contributed by atoms with E-state index in [0.717, 1.165) is 18.4 Å². The van der Waals surface area contributed by atoms with Gasteiger partial charge in [-0.15, -0.1) is 0 Å². The zero-order valence-electron chi connectivity index (χ0n) is 10.6. The van der Waals surface area contributed by atoms with Crippen molar-refractivity contribution in [3.05, 3.63) is 53.2 Å². The van der Waals surface area contributed by atoms with E-state index in [4.69, 9.17) is 4.52 Å². The average Bonchev–Trinajstić information content (AvgIpc) is 2.87. The van der Waals surface area contributed by atoms with Crippen LogP contribution in [-0.4, -0.2) is 11.1 Å². The largest absolute Gasteiger partial charge is 0.361 e. The highest BCUT2D eigenvalue weighted by molar-refractivity contribution is 5.92. The molecule has 0 aliphatic rings. The van der Waals surface area contributed by atoms with Crippen molar-refractivity contribution in [3.8, 4) is 0 Å². The molecule has 1 heterocycles.